The number of hydrogen-bond acceptors (Lipinski definition) is 1. The first-order chi connectivity index (χ1) is 7.11. The maximum atomic E-state index is 11.6. The van der Waals surface area contributed by atoms with Gasteiger partial charge in [0.2, 0.25) is 5.91 Å². The number of carbonyl (C=O) groups excluding carboxylic acids is 1. The maximum absolute atomic E-state index is 11.6. The van der Waals surface area contributed by atoms with E-state index < -0.39 is 0 Å². The molecule has 0 radical (unpaired) electrons. The second kappa shape index (κ2) is 5.91. The molecule has 0 saturated carbocycles. The third-order valence-electron chi connectivity index (χ3n) is 2.15. The lowest BCUT2D eigenvalue weighted by Gasteiger charge is -2.13. The summed E-state index contributed by atoms with van der Waals surface area (Å²) in [5, 5.41) is 2.89. The molecule has 82 valence electrons. The fraction of sp³-hybridized carbons (Fsp3) is 0.417. The van der Waals surface area contributed by atoms with Gasteiger partial charge in [-0.15, -0.1) is 0 Å². The van der Waals surface area contributed by atoms with E-state index in [1.165, 1.54) is 0 Å². The van der Waals surface area contributed by atoms with Gasteiger partial charge in [0.05, 0.1) is 4.83 Å². The molecule has 0 aliphatic carbocycles. The standard InChI is InChI=1S/C12H16BrNO/c1-9(2)11(13)12(15)14-8-10-6-4-3-5-7-10/h3-7,9,11H,8H2,1-2H3,(H,14,15). The Balaban J connectivity index is 2.41. The number of benzene rings is 1. The van der Waals surface area contributed by atoms with Crippen LogP contribution in [0, 0.1) is 5.92 Å². The summed E-state index contributed by atoms with van der Waals surface area (Å²) in [4.78, 5) is 11.5. The normalized spacial score (nSPS) is 12.5. The zero-order valence-electron chi connectivity index (χ0n) is 9.03. The molecule has 15 heavy (non-hydrogen) atoms. The Kier molecular flexibility index (Phi) is 4.82. The van der Waals surface area contributed by atoms with Crippen LogP contribution >= 0.6 is 15.9 Å². The van der Waals surface area contributed by atoms with E-state index in [2.05, 4.69) is 21.2 Å². The summed E-state index contributed by atoms with van der Waals surface area (Å²) < 4.78 is 0. The summed E-state index contributed by atoms with van der Waals surface area (Å²) in [7, 11) is 0. The highest BCUT2D eigenvalue weighted by atomic mass is 79.9. The van der Waals surface area contributed by atoms with Crippen LogP contribution in [0.25, 0.3) is 0 Å². The minimum Gasteiger partial charge on any atom is -0.351 e. The second-order valence-corrected chi connectivity index (χ2v) is 4.84. The Hall–Kier alpha value is -0.830. The number of amides is 1. The molecule has 1 aromatic carbocycles. The second-order valence-electron chi connectivity index (χ2n) is 3.85. The van der Waals surface area contributed by atoms with E-state index in [0.29, 0.717) is 12.5 Å². The van der Waals surface area contributed by atoms with Crippen LogP contribution in [0.4, 0.5) is 0 Å². The van der Waals surface area contributed by atoms with Crippen molar-refractivity contribution in [3.63, 3.8) is 0 Å². The molecular weight excluding hydrogens is 254 g/mol. The predicted octanol–water partition coefficient (Wildman–Crippen LogP) is 2.72. The fourth-order valence-corrected chi connectivity index (χ4v) is 1.35. The van der Waals surface area contributed by atoms with E-state index in [0.717, 1.165) is 5.56 Å². The van der Waals surface area contributed by atoms with Gasteiger partial charge in [0.25, 0.3) is 0 Å². The highest BCUT2D eigenvalue weighted by molar-refractivity contribution is 9.10. The minimum absolute atomic E-state index is 0.0499. The summed E-state index contributed by atoms with van der Waals surface area (Å²) in [5.41, 5.74) is 1.12. The van der Waals surface area contributed by atoms with Crippen LogP contribution in [0.5, 0.6) is 0 Å². The number of hydrogen-bond donors (Lipinski definition) is 1. The molecule has 1 aromatic rings. The number of nitrogens with one attached hydrogen (secondary N) is 1. The van der Waals surface area contributed by atoms with Crippen molar-refractivity contribution < 1.29 is 4.79 Å². The first-order valence-electron chi connectivity index (χ1n) is 5.07. The van der Waals surface area contributed by atoms with Crippen LogP contribution < -0.4 is 5.32 Å². The van der Waals surface area contributed by atoms with Gasteiger partial charge in [0.15, 0.2) is 0 Å². The van der Waals surface area contributed by atoms with Crippen molar-refractivity contribution in [2.75, 3.05) is 0 Å². The number of halogens is 1. The minimum atomic E-state index is -0.110. The summed E-state index contributed by atoms with van der Waals surface area (Å²) in [6.45, 7) is 4.62. The summed E-state index contributed by atoms with van der Waals surface area (Å²) >= 11 is 3.37. The van der Waals surface area contributed by atoms with Crippen LogP contribution in [-0.4, -0.2) is 10.7 Å². The SMILES string of the molecule is CC(C)C(Br)C(=O)NCc1ccccc1. The largest absolute Gasteiger partial charge is 0.351 e. The maximum Gasteiger partial charge on any atom is 0.234 e. The van der Waals surface area contributed by atoms with Crippen molar-refractivity contribution in [3.8, 4) is 0 Å². The Morgan fingerprint density at radius 1 is 1.33 bits per heavy atom. The highest BCUT2D eigenvalue weighted by Gasteiger charge is 2.17. The van der Waals surface area contributed by atoms with Gasteiger partial charge in [-0.25, -0.2) is 0 Å². The number of rotatable bonds is 4. The number of alkyl halides is 1. The fourth-order valence-electron chi connectivity index (χ4n) is 1.19. The molecule has 2 nitrogen and oxygen atoms in total. The molecule has 1 unspecified atom stereocenters. The third-order valence-corrected chi connectivity index (χ3v) is 3.62. The van der Waals surface area contributed by atoms with Crippen LogP contribution in [-0.2, 0) is 11.3 Å². The highest BCUT2D eigenvalue weighted by Crippen LogP contribution is 2.11. The monoisotopic (exact) mass is 269 g/mol. The molecule has 1 amide bonds. The topological polar surface area (TPSA) is 29.1 Å². The van der Waals surface area contributed by atoms with Gasteiger partial charge in [0.1, 0.15) is 0 Å². The van der Waals surface area contributed by atoms with Gasteiger partial charge in [-0.1, -0.05) is 60.1 Å². The molecule has 1 atom stereocenters. The molecule has 0 spiro atoms. The molecule has 3 heteroatoms. The Bertz CT molecular complexity index is 311. The molecular formula is C12H16BrNO. The van der Waals surface area contributed by atoms with Crippen molar-refractivity contribution in [3.05, 3.63) is 35.9 Å². The van der Waals surface area contributed by atoms with Crippen LogP contribution in [0.1, 0.15) is 19.4 Å². The average molecular weight is 270 g/mol. The lowest BCUT2D eigenvalue weighted by atomic mass is 10.1. The van der Waals surface area contributed by atoms with Crippen molar-refractivity contribution >= 4 is 21.8 Å². The predicted molar refractivity (Wildman–Crippen MR) is 65.8 cm³/mol. The lowest BCUT2D eigenvalue weighted by molar-refractivity contribution is -0.121. The van der Waals surface area contributed by atoms with Gasteiger partial charge in [-0.2, -0.15) is 0 Å². The summed E-state index contributed by atoms with van der Waals surface area (Å²) in [5.74, 6) is 0.356. The molecule has 1 rings (SSSR count). The van der Waals surface area contributed by atoms with Crippen LogP contribution in [0.15, 0.2) is 30.3 Å². The zero-order chi connectivity index (χ0) is 11.3. The number of carbonyl (C=O) groups is 1. The summed E-state index contributed by atoms with van der Waals surface area (Å²) in [6, 6.07) is 9.90. The molecule has 1 N–H and O–H groups in total. The molecule has 0 fully saturated rings. The van der Waals surface area contributed by atoms with Gasteiger partial charge in [-0.3, -0.25) is 4.79 Å². The summed E-state index contributed by atoms with van der Waals surface area (Å²) in [6.07, 6.45) is 0. The van der Waals surface area contributed by atoms with E-state index in [9.17, 15) is 4.79 Å². The zero-order valence-corrected chi connectivity index (χ0v) is 10.6. The van der Waals surface area contributed by atoms with Gasteiger partial charge in [-0.05, 0) is 11.5 Å². The van der Waals surface area contributed by atoms with Crippen LogP contribution in [0.3, 0.4) is 0 Å². The van der Waals surface area contributed by atoms with Gasteiger partial charge in [0, 0.05) is 6.54 Å². The van der Waals surface area contributed by atoms with E-state index in [1.54, 1.807) is 0 Å². The van der Waals surface area contributed by atoms with E-state index >= 15 is 0 Å². The molecule has 0 aliphatic rings. The van der Waals surface area contributed by atoms with Gasteiger partial charge < -0.3 is 5.32 Å². The van der Waals surface area contributed by atoms with Crippen molar-refractivity contribution in [1.82, 2.24) is 5.32 Å². The quantitative estimate of drug-likeness (QED) is 0.837. The molecule has 0 aromatic heterocycles. The van der Waals surface area contributed by atoms with E-state index in [-0.39, 0.29) is 10.7 Å². The van der Waals surface area contributed by atoms with Crippen molar-refractivity contribution in [2.24, 2.45) is 5.92 Å². The average Bonchev–Trinajstić information content (AvgIpc) is 2.26. The Labute approximate surface area is 99.2 Å². The van der Waals surface area contributed by atoms with Gasteiger partial charge >= 0.3 is 0 Å². The van der Waals surface area contributed by atoms with E-state index in [1.807, 2.05) is 44.2 Å². The molecule has 0 bridgehead atoms. The molecule has 0 aliphatic heterocycles. The molecule has 0 heterocycles. The lowest BCUT2D eigenvalue weighted by Crippen LogP contribution is -2.33. The van der Waals surface area contributed by atoms with Crippen molar-refractivity contribution in [1.29, 1.82) is 0 Å². The van der Waals surface area contributed by atoms with Crippen molar-refractivity contribution in [2.45, 2.75) is 25.2 Å². The smallest absolute Gasteiger partial charge is 0.234 e. The van der Waals surface area contributed by atoms with Crippen LogP contribution in [0.2, 0.25) is 0 Å². The molecule has 0 saturated heterocycles. The van der Waals surface area contributed by atoms with E-state index in [4.69, 9.17) is 0 Å². The Morgan fingerprint density at radius 3 is 2.47 bits per heavy atom. The Morgan fingerprint density at radius 2 is 1.93 bits per heavy atom. The first-order valence-corrected chi connectivity index (χ1v) is 5.98. The first kappa shape index (κ1) is 12.2. The third kappa shape index (κ3) is 4.04.